The summed E-state index contributed by atoms with van der Waals surface area (Å²) < 4.78 is 25.0. The lowest BCUT2D eigenvalue weighted by molar-refractivity contribution is -0.121. The SMILES string of the molecule is C#CCN1C(=O)COc2cc(F)c(N3C(=O)C4=C(CCCC4)C3=O)cc21.COCCN(C(=O)CCl)c1c(C)cccc1C. The molecule has 0 saturated heterocycles. The number of para-hydroxylation sites is 1. The van der Waals surface area contributed by atoms with Crippen molar-refractivity contribution in [3.8, 4) is 18.1 Å². The van der Waals surface area contributed by atoms with Crippen molar-refractivity contribution in [2.24, 2.45) is 0 Å². The Labute approximate surface area is 255 Å². The molecule has 226 valence electrons. The number of nitrogens with zero attached hydrogens (tertiary/aromatic N) is 3. The highest BCUT2D eigenvalue weighted by Crippen LogP contribution is 2.41. The van der Waals surface area contributed by atoms with E-state index >= 15 is 0 Å². The van der Waals surface area contributed by atoms with Gasteiger partial charge in [0.15, 0.2) is 12.4 Å². The van der Waals surface area contributed by atoms with E-state index in [0.717, 1.165) is 40.6 Å². The summed E-state index contributed by atoms with van der Waals surface area (Å²) in [6.45, 7) is 4.74. The maximum atomic E-state index is 14.7. The van der Waals surface area contributed by atoms with Gasteiger partial charge in [-0.05, 0) is 56.7 Å². The van der Waals surface area contributed by atoms with Crippen molar-refractivity contribution in [3.05, 3.63) is 58.4 Å². The molecule has 43 heavy (non-hydrogen) atoms. The Kier molecular flexibility index (Phi) is 10.2. The second kappa shape index (κ2) is 13.8. The molecule has 0 fully saturated rings. The van der Waals surface area contributed by atoms with Gasteiger partial charge in [-0.25, -0.2) is 9.29 Å². The molecule has 2 aromatic rings. The van der Waals surface area contributed by atoms with Crippen LogP contribution in [0.2, 0.25) is 0 Å². The monoisotopic (exact) mass is 609 g/mol. The highest BCUT2D eigenvalue weighted by Gasteiger charge is 2.41. The molecule has 3 aliphatic rings. The van der Waals surface area contributed by atoms with Crippen LogP contribution in [0.5, 0.6) is 5.75 Å². The van der Waals surface area contributed by atoms with E-state index in [1.54, 1.807) is 12.0 Å². The lowest BCUT2D eigenvalue weighted by Crippen LogP contribution is -2.39. The summed E-state index contributed by atoms with van der Waals surface area (Å²) in [6.07, 6.45) is 8.01. The maximum absolute atomic E-state index is 14.7. The van der Waals surface area contributed by atoms with Crippen LogP contribution in [0.3, 0.4) is 0 Å². The number of fused-ring (bicyclic) bond motifs is 1. The van der Waals surface area contributed by atoms with Crippen molar-refractivity contribution < 1.29 is 33.0 Å². The molecule has 0 radical (unpaired) electrons. The molecule has 2 heterocycles. The van der Waals surface area contributed by atoms with Gasteiger partial charge in [-0.1, -0.05) is 24.1 Å². The lowest BCUT2D eigenvalue weighted by Gasteiger charge is -2.29. The van der Waals surface area contributed by atoms with E-state index in [1.165, 1.54) is 11.0 Å². The van der Waals surface area contributed by atoms with Crippen LogP contribution in [0, 0.1) is 32.0 Å². The number of hydrogen-bond donors (Lipinski definition) is 0. The van der Waals surface area contributed by atoms with Crippen LogP contribution in [-0.4, -0.2) is 62.9 Å². The minimum atomic E-state index is -0.764. The molecule has 1 aliphatic carbocycles. The first-order chi connectivity index (χ1) is 20.6. The van der Waals surface area contributed by atoms with Crippen molar-refractivity contribution >= 4 is 52.3 Å². The zero-order valence-corrected chi connectivity index (χ0v) is 25.1. The Balaban J connectivity index is 0.000000217. The number of carbonyl (C=O) groups excluding carboxylic acids is 4. The number of halogens is 2. The number of benzene rings is 2. The van der Waals surface area contributed by atoms with Crippen LogP contribution < -0.4 is 19.4 Å². The molecule has 11 heteroatoms. The predicted octanol–water partition coefficient (Wildman–Crippen LogP) is 4.45. The second-order valence-corrected chi connectivity index (χ2v) is 10.5. The van der Waals surface area contributed by atoms with Gasteiger partial charge < -0.3 is 14.4 Å². The normalized spacial score (nSPS) is 15.8. The van der Waals surface area contributed by atoms with Crippen LogP contribution in [0.4, 0.5) is 21.5 Å². The van der Waals surface area contributed by atoms with E-state index in [2.05, 4.69) is 5.92 Å². The molecular formula is C32H33ClFN3O6. The molecule has 0 saturated carbocycles. The van der Waals surface area contributed by atoms with E-state index < -0.39 is 17.6 Å². The van der Waals surface area contributed by atoms with E-state index in [1.807, 2.05) is 32.0 Å². The summed E-state index contributed by atoms with van der Waals surface area (Å²) in [7, 11) is 1.62. The van der Waals surface area contributed by atoms with Crippen molar-refractivity contribution in [2.75, 3.05) is 54.0 Å². The van der Waals surface area contributed by atoms with Crippen molar-refractivity contribution in [3.63, 3.8) is 0 Å². The molecule has 0 aromatic heterocycles. The molecule has 4 amide bonds. The summed E-state index contributed by atoms with van der Waals surface area (Å²) in [5.74, 6) is 0.293. The fourth-order valence-electron chi connectivity index (χ4n) is 5.45. The molecule has 9 nitrogen and oxygen atoms in total. The fourth-order valence-corrected chi connectivity index (χ4v) is 5.60. The molecule has 2 aromatic carbocycles. The van der Waals surface area contributed by atoms with Gasteiger partial charge in [0, 0.05) is 36.6 Å². The molecule has 2 aliphatic heterocycles. The highest BCUT2D eigenvalue weighted by molar-refractivity contribution is 6.33. The molecule has 0 spiro atoms. The number of aryl methyl sites for hydroxylation is 2. The van der Waals surface area contributed by atoms with Gasteiger partial charge in [-0.15, -0.1) is 18.0 Å². The van der Waals surface area contributed by atoms with Crippen molar-refractivity contribution in [2.45, 2.75) is 39.5 Å². The van der Waals surface area contributed by atoms with E-state index in [-0.39, 0.29) is 48.0 Å². The minimum absolute atomic E-state index is 0.0164. The number of carbonyl (C=O) groups is 4. The Hall–Kier alpha value is -4.20. The largest absolute Gasteiger partial charge is 0.481 e. The number of imide groups is 1. The Bertz CT molecular complexity index is 1480. The van der Waals surface area contributed by atoms with E-state index in [4.69, 9.17) is 27.5 Å². The number of ether oxygens (including phenoxy) is 2. The Morgan fingerprint density at radius 1 is 1.09 bits per heavy atom. The molecule has 0 atom stereocenters. The Morgan fingerprint density at radius 2 is 1.72 bits per heavy atom. The number of methoxy groups -OCH3 is 1. The van der Waals surface area contributed by atoms with Crippen molar-refractivity contribution in [1.29, 1.82) is 0 Å². The third-order valence-corrected chi connectivity index (χ3v) is 7.72. The van der Waals surface area contributed by atoms with Crippen LogP contribution in [-0.2, 0) is 23.9 Å². The number of alkyl halides is 1. The lowest BCUT2D eigenvalue weighted by atomic mass is 9.93. The van der Waals surface area contributed by atoms with Gasteiger partial charge in [0.2, 0.25) is 5.91 Å². The first kappa shape index (κ1) is 31.7. The number of rotatable bonds is 7. The maximum Gasteiger partial charge on any atom is 0.265 e. The van der Waals surface area contributed by atoms with Gasteiger partial charge >= 0.3 is 0 Å². The Morgan fingerprint density at radius 3 is 2.28 bits per heavy atom. The van der Waals surface area contributed by atoms with Gasteiger partial charge in [0.25, 0.3) is 17.7 Å². The average molecular weight is 610 g/mol. The number of hydrogen-bond acceptors (Lipinski definition) is 6. The van der Waals surface area contributed by atoms with Crippen LogP contribution >= 0.6 is 11.6 Å². The average Bonchev–Trinajstić information content (AvgIpc) is 3.25. The zero-order chi connectivity index (χ0) is 31.3. The summed E-state index contributed by atoms with van der Waals surface area (Å²) in [4.78, 5) is 53.1. The van der Waals surface area contributed by atoms with E-state index in [9.17, 15) is 23.6 Å². The van der Waals surface area contributed by atoms with Crippen LogP contribution in [0.15, 0.2) is 41.5 Å². The molecule has 0 N–H and O–H groups in total. The first-order valence-electron chi connectivity index (χ1n) is 13.9. The third kappa shape index (κ3) is 6.43. The molecule has 0 bridgehead atoms. The first-order valence-corrected chi connectivity index (χ1v) is 14.4. The van der Waals surface area contributed by atoms with Crippen molar-refractivity contribution in [1.82, 2.24) is 0 Å². The number of anilines is 3. The standard InChI is InChI=1S/C19H15FN2O4.C13H18ClNO2/c1-2-7-21-15-9-14(13(20)8-16(15)26-10-17(21)23)22-18(24)11-5-3-4-6-12(11)19(22)25;1-10-5-4-6-11(2)13(10)15(7-8-17-3)12(16)9-14/h1,8-9H,3-7,10H2;4-6H,7-9H2,1-3H3. The van der Waals surface area contributed by atoms with E-state index in [0.29, 0.717) is 37.1 Å². The zero-order valence-electron chi connectivity index (χ0n) is 24.4. The summed E-state index contributed by atoms with van der Waals surface area (Å²) in [6, 6.07) is 8.33. The highest BCUT2D eigenvalue weighted by atomic mass is 35.5. The van der Waals surface area contributed by atoms with Gasteiger partial charge in [-0.2, -0.15) is 0 Å². The quantitative estimate of drug-likeness (QED) is 0.261. The summed E-state index contributed by atoms with van der Waals surface area (Å²) >= 11 is 5.65. The third-order valence-electron chi connectivity index (χ3n) is 7.50. The van der Waals surface area contributed by atoms with Crippen LogP contribution in [0.1, 0.15) is 36.8 Å². The number of amides is 4. The topological polar surface area (TPSA) is 96.5 Å². The van der Waals surface area contributed by atoms with Gasteiger partial charge in [0.1, 0.15) is 11.6 Å². The predicted molar refractivity (Wildman–Crippen MR) is 162 cm³/mol. The second-order valence-electron chi connectivity index (χ2n) is 10.3. The molecule has 5 rings (SSSR count). The van der Waals surface area contributed by atoms with Gasteiger partial charge in [-0.3, -0.25) is 24.1 Å². The summed E-state index contributed by atoms with van der Waals surface area (Å²) in [5.41, 5.74) is 4.07. The fraction of sp³-hybridized carbons (Fsp3) is 0.375. The molecule has 0 unspecified atom stereocenters. The van der Waals surface area contributed by atoms with Crippen LogP contribution in [0.25, 0.3) is 0 Å². The minimum Gasteiger partial charge on any atom is -0.481 e. The molecular weight excluding hydrogens is 577 g/mol. The smallest absolute Gasteiger partial charge is 0.265 e. The summed E-state index contributed by atoms with van der Waals surface area (Å²) in [5, 5.41) is 0. The van der Waals surface area contributed by atoms with Gasteiger partial charge in [0.05, 0.1) is 24.5 Å². The number of terminal acetylenes is 1.